The van der Waals surface area contributed by atoms with Gasteiger partial charge in [-0.3, -0.25) is 0 Å². The van der Waals surface area contributed by atoms with E-state index in [9.17, 15) is 0 Å². The first-order valence-corrected chi connectivity index (χ1v) is 7.22. The highest BCUT2D eigenvalue weighted by Gasteiger charge is 2.30. The standard InChI is InChI=1S/C19H18O/c1-12-8-16-9-13-6-7-17(20-2)11-15(13)10-14-4-3-5-18(12)19(14)16/h3-7,11,16H,1,8-10H2,2H3. The Kier molecular flexibility index (Phi) is 2.50. The molecular weight excluding hydrogens is 244 g/mol. The zero-order valence-corrected chi connectivity index (χ0v) is 11.8. The number of methoxy groups -OCH3 is 1. The van der Waals surface area contributed by atoms with Crippen LogP contribution in [0.25, 0.3) is 5.57 Å². The lowest BCUT2D eigenvalue weighted by atomic mass is 9.93. The quantitative estimate of drug-likeness (QED) is 0.742. The van der Waals surface area contributed by atoms with Gasteiger partial charge < -0.3 is 4.74 Å². The Morgan fingerprint density at radius 3 is 2.80 bits per heavy atom. The van der Waals surface area contributed by atoms with E-state index in [-0.39, 0.29) is 0 Å². The van der Waals surface area contributed by atoms with Crippen LogP contribution in [-0.2, 0) is 12.8 Å². The Bertz CT molecular complexity index is 712. The van der Waals surface area contributed by atoms with Gasteiger partial charge in [0.05, 0.1) is 7.11 Å². The minimum Gasteiger partial charge on any atom is -0.497 e. The van der Waals surface area contributed by atoms with Crippen molar-refractivity contribution >= 4 is 5.57 Å². The molecule has 0 N–H and O–H groups in total. The molecule has 0 spiro atoms. The Morgan fingerprint density at radius 1 is 1.05 bits per heavy atom. The first-order chi connectivity index (χ1) is 9.76. The third-order valence-electron chi connectivity index (χ3n) is 4.74. The van der Waals surface area contributed by atoms with Gasteiger partial charge in [0.25, 0.3) is 0 Å². The predicted octanol–water partition coefficient (Wildman–Crippen LogP) is 4.34. The number of rotatable bonds is 1. The maximum atomic E-state index is 5.38. The average molecular weight is 262 g/mol. The fourth-order valence-corrected chi connectivity index (χ4v) is 3.80. The van der Waals surface area contributed by atoms with E-state index in [1.807, 2.05) is 0 Å². The maximum Gasteiger partial charge on any atom is 0.119 e. The molecule has 0 aliphatic heterocycles. The number of hydrogen-bond acceptors (Lipinski definition) is 1. The van der Waals surface area contributed by atoms with Crippen LogP contribution in [0.5, 0.6) is 5.75 Å². The molecule has 2 aromatic carbocycles. The summed E-state index contributed by atoms with van der Waals surface area (Å²) in [5, 5.41) is 0. The molecule has 0 amide bonds. The molecule has 0 radical (unpaired) electrons. The van der Waals surface area contributed by atoms with Crippen molar-refractivity contribution in [2.75, 3.05) is 7.11 Å². The second kappa shape index (κ2) is 4.24. The normalized spacial score (nSPS) is 19.2. The van der Waals surface area contributed by atoms with Crippen LogP contribution >= 0.6 is 0 Å². The van der Waals surface area contributed by atoms with Crippen LogP contribution in [0.3, 0.4) is 0 Å². The summed E-state index contributed by atoms with van der Waals surface area (Å²) >= 11 is 0. The van der Waals surface area contributed by atoms with Gasteiger partial charge in [0.2, 0.25) is 0 Å². The highest BCUT2D eigenvalue weighted by atomic mass is 16.5. The Hall–Kier alpha value is -2.02. The van der Waals surface area contributed by atoms with Gasteiger partial charge in [-0.2, -0.15) is 0 Å². The molecule has 1 unspecified atom stereocenters. The molecule has 1 atom stereocenters. The largest absolute Gasteiger partial charge is 0.497 e. The van der Waals surface area contributed by atoms with E-state index in [2.05, 4.69) is 43.0 Å². The van der Waals surface area contributed by atoms with Crippen molar-refractivity contribution in [3.8, 4) is 5.75 Å². The van der Waals surface area contributed by atoms with Crippen molar-refractivity contribution < 1.29 is 4.74 Å². The van der Waals surface area contributed by atoms with Crippen LogP contribution in [0.4, 0.5) is 0 Å². The lowest BCUT2D eigenvalue weighted by Gasteiger charge is -2.11. The van der Waals surface area contributed by atoms with Gasteiger partial charge in [0.15, 0.2) is 0 Å². The van der Waals surface area contributed by atoms with Crippen molar-refractivity contribution in [1.82, 2.24) is 0 Å². The fourth-order valence-electron chi connectivity index (χ4n) is 3.80. The van der Waals surface area contributed by atoms with E-state index >= 15 is 0 Å². The summed E-state index contributed by atoms with van der Waals surface area (Å²) in [6.07, 6.45) is 3.25. The Balaban J connectivity index is 1.89. The molecule has 1 nitrogen and oxygen atoms in total. The first kappa shape index (κ1) is 11.8. The average Bonchev–Trinajstić information content (AvgIpc) is 2.69. The smallest absolute Gasteiger partial charge is 0.119 e. The molecule has 2 aliphatic rings. The van der Waals surface area contributed by atoms with Crippen molar-refractivity contribution in [1.29, 1.82) is 0 Å². The third kappa shape index (κ3) is 1.62. The van der Waals surface area contributed by atoms with E-state index in [0.29, 0.717) is 5.92 Å². The van der Waals surface area contributed by atoms with Gasteiger partial charge in [0.1, 0.15) is 5.75 Å². The summed E-state index contributed by atoms with van der Waals surface area (Å²) in [5.74, 6) is 1.57. The maximum absolute atomic E-state index is 5.38. The monoisotopic (exact) mass is 262 g/mol. The summed E-state index contributed by atoms with van der Waals surface area (Å²) in [6.45, 7) is 4.26. The summed E-state index contributed by atoms with van der Waals surface area (Å²) < 4.78 is 5.38. The molecule has 4 rings (SSSR count). The Labute approximate surface area is 119 Å². The van der Waals surface area contributed by atoms with Gasteiger partial charge >= 0.3 is 0 Å². The van der Waals surface area contributed by atoms with Crippen molar-refractivity contribution in [3.63, 3.8) is 0 Å². The number of allylic oxidation sites excluding steroid dienone is 1. The van der Waals surface area contributed by atoms with E-state index in [1.54, 1.807) is 12.7 Å². The minimum absolute atomic E-state index is 0.614. The lowest BCUT2D eigenvalue weighted by molar-refractivity contribution is 0.414. The summed E-state index contributed by atoms with van der Waals surface area (Å²) in [6, 6.07) is 13.2. The fraction of sp³-hybridized carbons (Fsp3) is 0.263. The van der Waals surface area contributed by atoms with Crippen LogP contribution in [0.2, 0.25) is 0 Å². The van der Waals surface area contributed by atoms with Crippen LogP contribution < -0.4 is 4.74 Å². The SMILES string of the molecule is C=C1CC2Cc3ccc(OC)cc3Cc3cccc1c32. The van der Waals surface area contributed by atoms with Crippen molar-refractivity contribution in [3.05, 3.63) is 70.8 Å². The van der Waals surface area contributed by atoms with Crippen LogP contribution in [0, 0.1) is 0 Å². The number of benzene rings is 2. The van der Waals surface area contributed by atoms with Gasteiger partial charge in [0, 0.05) is 0 Å². The highest BCUT2D eigenvalue weighted by molar-refractivity contribution is 5.74. The number of ether oxygens (including phenoxy) is 1. The molecule has 0 fully saturated rings. The van der Waals surface area contributed by atoms with E-state index in [1.165, 1.54) is 27.8 Å². The summed E-state index contributed by atoms with van der Waals surface area (Å²) in [7, 11) is 1.74. The molecule has 20 heavy (non-hydrogen) atoms. The van der Waals surface area contributed by atoms with Crippen LogP contribution in [0.15, 0.2) is 43.0 Å². The predicted molar refractivity (Wildman–Crippen MR) is 82.3 cm³/mol. The zero-order chi connectivity index (χ0) is 13.7. The lowest BCUT2D eigenvalue weighted by Crippen LogP contribution is -1.98. The molecule has 0 aromatic heterocycles. The van der Waals surface area contributed by atoms with Gasteiger partial charge in [-0.1, -0.05) is 30.8 Å². The Morgan fingerprint density at radius 2 is 1.95 bits per heavy atom. The number of hydrogen-bond donors (Lipinski definition) is 0. The van der Waals surface area contributed by atoms with E-state index < -0.39 is 0 Å². The molecule has 1 heteroatoms. The van der Waals surface area contributed by atoms with Gasteiger partial charge in [-0.05, 0) is 70.7 Å². The highest BCUT2D eigenvalue weighted by Crippen LogP contribution is 2.46. The van der Waals surface area contributed by atoms with Crippen LogP contribution in [-0.4, -0.2) is 7.11 Å². The number of fused-ring (bicyclic) bond motifs is 1. The molecule has 2 aliphatic carbocycles. The molecule has 0 heterocycles. The second-order valence-electron chi connectivity index (χ2n) is 5.90. The van der Waals surface area contributed by atoms with Crippen molar-refractivity contribution in [2.24, 2.45) is 0 Å². The van der Waals surface area contributed by atoms with Gasteiger partial charge in [-0.25, -0.2) is 0 Å². The molecule has 0 saturated heterocycles. The summed E-state index contributed by atoms with van der Waals surface area (Å²) in [5.41, 5.74) is 8.60. The topological polar surface area (TPSA) is 9.23 Å². The van der Waals surface area contributed by atoms with E-state index in [4.69, 9.17) is 4.74 Å². The van der Waals surface area contributed by atoms with E-state index in [0.717, 1.165) is 25.0 Å². The summed E-state index contributed by atoms with van der Waals surface area (Å²) in [4.78, 5) is 0. The second-order valence-corrected chi connectivity index (χ2v) is 5.90. The minimum atomic E-state index is 0.614. The molecule has 100 valence electrons. The van der Waals surface area contributed by atoms with Gasteiger partial charge in [-0.15, -0.1) is 0 Å². The molecule has 0 saturated carbocycles. The first-order valence-electron chi connectivity index (χ1n) is 7.22. The zero-order valence-electron chi connectivity index (χ0n) is 11.8. The van der Waals surface area contributed by atoms with Crippen LogP contribution in [0.1, 0.15) is 40.2 Å². The molecule has 2 aromatic rings. The molecule has 0 bridgehead atoms. The van der Waals surface area contributed by atoms with Crippen molar-refractivity contribution in [2.45, 2.75) is 25.2 Å². The third-order valence-corrected chi connectivity index (χ3v) is 4.74. The molecular formula is C19H18O.